The van der Waals surface area contributed by atoms with Gasteiger partial charge in [-0.1, -0.05) is 12.1 Å². The van der Waals surface area contributed by atoms with E-state index in [9.17, 15) is 4.79 Å². The van der Waals surface area contributed by atoms with Crippen molar-refractivity contribution in [1.29, 1.82) is 0 Å². The van der Waals surface area contributed by atoms with E-state index in [0.29, 0.717) is 19.1 Å². The summed E-state index contributed by atoms with van der Waals surface area (Å²) in [6, 6.07) is 8.19. The van der Waals surface area contributed by atoms with Crippen molar-refractivity contribution in [2.45, 2.75) is 39.2 Å². The summed E-state index contributed by atoms with van der Waals surface area (Å²) in [5, 5.41) is 7.80. The van der Waals surface area contributed by atoms with Gasteiger partial charge in [-0.05, 0) is 56.5 Å². The van der Waals surface area contributed by atoms with E-state index in [2.05, 4.69) is 22.5 Å². The van der Waals surface area contributed by atoms with Crippen molar-refractivity contribution in [3.63, 3.8) is 0 Å². The minimum absolute atomic E-state index is 0. The van der Waals surface area contributed by atoms with E-state index in [1.54, 1.807) is 11.1 Å². The fraction of sp³-hybridized carbons (Fsp3) is 0.524. The van der Waals surface area contributed by atoms with Crippen molar-refractivity contribution in [1.82, 2.24) is 20.0 Å². The summed E-state index contributed by atoms with van der Waals surface area (Å²) >= 11 is 0. The number of amides is 1. The van der Waals surface area contributed by atoms with Crippen LogP contribution in [-0.2, 0) is 11.3 Å². The normalized spacial score (nSPS) is 16.3. The van der Waals surface area contributed by atoms with Gasteiger partial charge in [0.15, 0.2) is 0 Å². The zero-order chi connectivity index (χ0) is 19.2. The molecule has 2 aromatic rings. The summed E-state index contributed by atoms with van der Waals surface area (Å²) in [4.78, 5) is 14.3. The van der Waals surface area contributed by atoms with Crippen LogP contribution in [0.25, 0.3) is 0 Å². The number of ether oxygens (including phenoxy) is 1. The van der Waals surface area contributed by atoms with Crippen molar-refractivity contribution < 1.29 is 9.53 Å². The average molecular weight is 407 g/mol. The van der Waals surface area contributed by atoms with Gasteiger partial charge in [-0.2, -0.15) is 5.10 Å². The van der Waals surface area contributed by atoms with Gasteiger partial charge in [0.1, 0.15) is 18.9 Å². The minimum Gasteiger partial charge on any atom is -0.491 e. The molecule has 1 atom stereocenters. The highest BCUT2D eigenvalue weighted by Gasteiger charge is 2.20. The number of hydrogen-bond donors (Lipinski definition) is 1. The molecule has 3 rings (SSSR count). The lowest BCUT2D eigenvalue weighted by Gasteiger charge is -2.24. The summed E-state index contributed by atoms with van der Waals surface area (Å²) < 4.78 is 7.72. The minimum atomic E-state index is 0. The quantitative estimate of drug-likeness (QED) is 0.768. The largest absolute Gasteiger partial charge is 0.491 e. The van der Waals surface area contributed by atoms with Crippen molar-refractivity contribution in [3.05, 3.63) is 47.3 Å². The Kier molecular flexibility index (Phi) is 8.33. The van der Waals surface area contributed by atoms with Gasteiger partial charge in [-0.3, -0.25) is 9.48 Å². The van der Waals surface area contributed by atoms with Gasteiger partial charge < -0.3 is 15.0 Å². The van der Waals surface area contributed by atoms with Crippen molar-refractivity contribution >= 4 is 18.3 Å². The topological polar surface area (TPSA) is 59.4 Å². The van der Waals surface area contributed by atoms with E-state index < -0.39 is 0 Å². The summed E-state index contributed by atoms with van der Waals surface area (Å²) in [7, 11) is 1.82. The maximum absolute atomic E-state index is 12.6. The van der Waals surface area contributed by atoms with Crippen LogP contribution in [0, 0.1) is 13.8 Å². The Balaban J connectivity index is 0.00000280. The molecule has 154 valence electrons. The van der Waals surface area contributed by atoms with Gasteiger partial charge in [-0.15, -0.1) is 12.4 Å². The molecule has 7 heteroatoms. The zero-order valence-corrected chi connectivity index (χ0v) is 17.8. The molecule has 1 fully saturated rings. The molecule has 1 amide bonds. The van der Waals surface area contributed by atoms with E-state index in [1.165, 1.54) is 12.0 Å². The molecule has 1 unspecified atom stereocenters. The molecule has 1 aromatic heterocycles. The number of hydrogen-bond acceptors (Lipinski definition) is 4. The third-order valence-electron chi connectivity index (χ3n) is 5.20. The first kappa shape index (κ1) is 22.2. The zero-order valence-electron chi connectivity index (χ0n) is 17.0. The monoisotopic (exact) mass is 406 g/mol. The molecule has 1 aliphatic rings. The Morgan fingerprint density at radius 3 is 2.93 bits per heavy atom. The molecule has 1 N–H and O–H groups in total. The number of piperidine rings is 1. The van der Waals surface area contributed by atoms with Crippen LogP contribution in [0.3, 0.4) is 0 Å². The van der Waals surface area contributed by atoms with Crippen LogP contribution < -0.4 is 10.1 Å². The number of carbonyl (C=O) groups excluding carboxylic acids is 1. The van der Waals surface area contributed by atoms with Crippen LogP contribution in [0.5, 0.6) is 5.75 Å². The maximum Gasteiger partial charge on any atom is 0.244 e. The highest BCUT2D eigenvalue weighted by molar-refractivity contribution is 5.85. The van der Waals surface area contributed by atoms with Crippen molar-refractivity contribution in [2.75, 3.05) is 33.3 Å². The molecule has 28 heavy (non-hydrogen) atoms. The van der Waals surface area contributed by atoms with Gasteiger partial charge in [0.25, 0.3) is 0 Å². The number of halogens is 1. The second-order valence-electron chi connectivity index (χ2n) is 7.39. The third-order valence-corrected chi connectivity index (χ3v) is 5.20. The Hall–Kier alpha value is -2.05. The number of nitrogens with one attached hydrogen (secondary N) is 1. The standard InChI is InChI=1S/C21H30N4O2.ClH/c1-16-6-7-17(2)20(13-16)27-12-11-24(3)21(26)15-25-19(8-10-23-25)18-5-4-9-22-14-18;/h6-8,10,13,18,22H,4-5,9,11-12,14-15H2,1-3H3;1H. The second-order valence-corrected chi connectivity index (χ2v) is 7.39. The number of carbonyl (C=O) groups is 1. The molecule has 1 saturated heterocycles. The summed E-state index contributed by atoms with van der Waals surface area (Å²) in [5.41, 5.74) is 3.43. The maximum atomic E-state index is 12.6. The first-order chi connectivity index (χ1) is 13.0. The average Bonchev–Trinajstić information content (AvgIpc) is 3.13. The van der Waals surface area contributed by atoms with Crippen LogP contribution in [-0.4, -0.2) is 53.9 Å². The third kappa shape index (κ3) is 5.72. The van der Waals surface area contributed by atoms with Crippen molar-refractivity contribution in [2.24, 2.45) is 0 Å². The molecule has 0 bridgehead atoms. The van der Waals surface area contributed by atoms with E-state index in [0.717, 1.165) is 36.5 Å². The highest BCUT2D eigenvalue weighted by atomic mass is 35.5. The van der Waals surface area contributed by atoms with Gasteiger partial charge in [-0.25, -0.2) is 0 Å². The Bertz CT molecular complexity index is 772. The number of likely N-dealkylation sites (N-methyl/N-ethyl adjacent to an activating group) is 1. The number of benzene rings is 1. The second kappa shape index (κ2) is 10.5. The Morgan fingerprint density at radius 2 is 2.18 bits per heavy atom. The van der Waals surface area contributed by atoms with Crippen LogP contribution in [0.2, 0.25) is 0 Å². The number of aryl methyl sites for hydroxylation is 2. The number of nitrogens with zero attached hydrogens (tertiary/aromatic N) is 3. The smallest absolute Gasteiger partial charge is 0.244 e. The molecule has 0 radical (unpaired) electrons. The van der Waals surface area contributed by atoms with E-state index in [1.807, 2.05) is 37.7 Å². The van der Waals surface area contributed by atoms with Gasteiger partial charge in [0.2, 0.25) is 5.91 Å². The summed E-state index contributed by atoms with van der Waals surface area (Å²) in [6.07, 6.45) is 4.10. The lowest BCUT2D eigenvalue weighted by molar-refractivity contribution is -0.131. The molecule has 1 aliphatic heterocycles. The molecular formula is C21H31ClN4O2. The van der Waals surface area contributed by atoms with E-state index in [-0.39, 0.29) is 24.9 Å². The lowest BCUT2D eigenvalue weighted by atomic mass is 9.96. The molecule has 0 saturated carbocycles. The fourth-order valence-electron chi connectivity index (χ4n) is 3.45. The highest BCUT2D eigenvalue weighted by Crippen LogP contribution is 2.23. The Morgan fingerprint density at radius 1 is 1.36 bits per heavy atom. The van der Waals surface area contributed by atoms with Crippen LogP contribution in [0.15, 0.2) is 30.5 Å². The SMILES string of the molecule is Cc1ccc(C)c(OCCN(C)C(=O)Cn2nccc2C2CCCNC2)c1.Cl. The van der Waals surface area contributed by atoms with E-state index in [4.69, 9.17) is 4.74 Å². The molecule has 1 aromatic carbocycles. The Labute approximate surface area is 173 Å². The summed E-state index contributed by atoms with van der Waals surface area (Å²) in [5.74, 6) is 1.37. The molecule has 0 aliphatic carbocycles. The summed E-state index contributed by atoms with van der Waals surface area (Å²) in [6.45, 7) is 7.41. The lowest BCUT2D eigenvalue weighted by Crippen LogP contribution is -2.35. The van der Waals surface area contributed by atoms with Crippen LogP contribution in [0.4, 0.5) is 0 Å². The van der Waals surface area contributed by atoms with Gasteiger partial charge in [0.05, 0.1) is 6.54 Å². The van der Waals surface area contributed by atoms with Crippen LogP contribution in [0.1, 0.15) is 35.6 Å². The predicted molar refractivity (Wildman–Crippen MR) is 113 cm³/mol. The van der Waals surface area contributed by atoms with Crippen molar-refractivity contribution in [3.8, 4) is 5.75 Å². The van der Waals surface area contributed by atoms with Crippen LogP contribution >= 0.6 is 12.4 Å². The number of aromatic nitrogens is 2. The first-order valence-electron chi connectivity index (χ1n) is 9.71. The molecule has 0 spiro atoms. The number of rotatable bonds is 7. The predicted octanol–water partition coefficient (Wildman–Crippen LogP) is 2.93. The fourth-order valence-corrected chi connectivity index (χ4v) is 3.45. The molecular weight excluding hydrogens is 376 g/mol. The first-order valence-corrected chi connectivity index (χ1v) is 9.71. The van der Waals surface area contributed by atoms with E-state index >= 15 is 0 Å². The van der Waals surface area contributed by atoms with Gasteiger partial charge >= 0.3 is 0 Å². The molecule has 2 heterocycles. The molecule has 6 nitrogen and oxygen atoms in total. The van der Waals surface area contributed by atoms with Gasteiger partial charge in [0, 0.05) is 31.4 Å².